The Bertz CT molecular complexity index is 903. The van der Waals surface area contributed by atoms with Gasteiger partial charge in [0, 0.05) is 21.9 Å². The number of hydrogen-bond acceptors (Lipinski definition) is 4. The number of rotatable bonds is 4. The first-order chi connectivity index (χ1) is 11.6. The van der Waals surface area contributed by atoms with Gasteiger partial charge in [0.05, 0.1) is 18.3 Å². The number of hydrogen-bond donors (Lipinski definition) is 1. The fraction of sp³-hybridized carbons (Fsp3) is 0.118. The molecule has 0 saturated heterocycles. The van der Waals surface area contributed by atoms with Gasteiger partial charge < -0.3 is 10.1 Å². The maximum absolute atomic E-state index is 12.3. The average molecular weight is 388 g/mol. The van der Waals surface area contributed by atoms with E-state index >= 15 is 0 Å². The maximum Gasteiger partial charge on any atom is 0.341 e. The van der Waals surface area contributed by atoms with E-state index in [-0.39, 0.29) is 12.5 Å². The van der Waals surface area contributed by atoms with E-state index in [2.05, 4.69) is 26.3 Å². The van der Waals surface area contributed by atoms with Gasteiger partial charge in [-0.2, -0.15) is 5.10 Å². The molecule has 3 aromatic rings. The Morgan fingerprint density at radius 2 is 2.00 bits per heavy atom. The highest BCUT2D eigenvalue weighted by molar-refractivity contribution is 9.10. The molecule has 7 heteroatoms. The summed E-state index contributed by atoms with van der Waals surface area (Å²) in [6, 6.07) is 10.4. The number of aromatic nitrogens is 2. The van der Waals surface area contributed by atoms with Crippen LogP contribution in [-0.2, 0) is 4.74 Å². The molecule has 0 saturated carbocycles. The molecule has 1 N–H and O–H groups in total. The summed E-state index contributed by atoms with van der Waals surface area (Å²) in [5.41, 5.74) is 2.04. The summed E-state index contributed by atoms with van der Waals surface area (Å²) in [7, 11) is 0. The first-order valence-corrected chi connectivity index (χ1v) is 8.09. The third-order valence-electron chi connectivity index (χ3n) is 3.38. The summed E-state index contributed by atoms with van der Waals surface area (Å²) in [6.45, 7) is 2.03. The number of amides is 1. The van der Waals surface area contributed by atoms with Crippen LogP contribution in [-0.4, -0.2) is 28.1 Å². The van der Waals surface area contributed by atoms with Gasteiger partial charge in [-0.3, -0.25) is 4.79 Å². The van der Waals surface area contributed by atoms with Crippen molar-refractivity contribution < 1.29 is 14.3 Å². The molecule has 1 amide bonds. The summed E-state index contributed by atoms with van der Waals surface area (Å²) in [5.74, 6) is -0.673. The summed E-state index contributed by atoms with van der Waals surface area (Å²) in [6.07, 6.45) is 3.13. The Morgan fingerprint density at radius 1 is 1.25 bits per heavy atom. The van der Waals surface area contributed by atoms with Gasteiger partial charge >= 0.3 is 5.97 Å². The smallest absolute Gasteiger partial charge is 0.341 e. The van der Waals surface area contributed by atoms with Gasteiger partial charge in [-0.1, -0.05) is 15.9 Å². The van der Waals surface area contributed by atoms with E-state index in [1.807, 2.05) is 0 Å². The van der Waals surface area contributed by atoms with Gasteiger partial charge in [0.25, 0.3) is 5.91 Å². The quantitative estimate of drug-likeness (QED) is 0.695. The van der Waals surface area contributed by atoms with Gasteiger partial charge in [-0.15, -0.1) is 0 Å². The van der Waals surface area contributed by atoms with Gasteiger partial charge in [-0.25, -0.2) is 9.31 Å². The van der Waals surface area contributed by atoms with Gasteiger partial charge in [0.2, 0.25) is 0 Å². The summed E-state index contributed by atoms with van der Waals surface area (Å²) in [4.78, 5) is 24.2. The number of carbonyl (C=O) groups is 2. The molecule has 1 aromatic carbocycles. The second kappa shape index (κ2) is 6.84. The van der Waals surface area contributed by atoms with Gasteiger partial charge in [0.1, 0.15) is 5.56 Å². The maximum atomic E-state index is 12.3. The molecule has 24 heavy (non-hydrogen) atoms. The fourth-order valence-corrected chi connectivity index (χ4v) is 2.49. The molecule has 3 rings (SSSR count). The zero-order chi connectivity index (χ0) is 17.1. The Morgan fingerprint density at radius 3 is 2.71 bits per heavy atom. The number of benzene rings is 1. The van der Waals surface area contributed by atoms with Crippen molar-refractivity contribution in [2.75, 3.05) is 11.9 Å². The van der Waals surface area contributed by atoms with Crippen molar-refractivity contribution in [2.45, 2.75) is 6.92 Å². The average Bonchev–Trinajstić information content (AvgIpc) is 2.99. The van der Waals surface area contributed by atoms with Crippen molar-refractivity contribution in [3.05, 3.63) is 64.4 Å². The molecule has 122 valence electrons. The largest absolute Gasteiger partial charge is 0.462 e. The van der Waals surface area contributed by atoms with Crippen LogP contribution in [0.25, 0.3) is 5.52 Å². The molecular weight excluding hydrogens is 374 g/mol. The van der Waals surface area contributed by atoms with Crippen molar-refractivity contribution in [1.29, 1.82) is 0 Å². The Kier molecular flexibility index (Phi) is 4.61. The highest BCUT2D eigenvalue weighted by atomic mass is 79.9. The molecule has 0 aliphatic heterocycles. The van der Waals surface area contributed by atoms with Gasteiger partial charge in [0.15, 0.2) is 0 Å². The number of nitrogens with zero attached hydrogens (tertiary/aromatic N) is 2. The first-order valence-electron chi connectivity index (χ1n) is 7.30. The highest BCUT2D eigenvalue weighted by Crippen LogP contribution is 2.18. The van der Waals surface area contributed by atoms with E-state index < -0.39 is 5.97 Å². The standard InChI is InChI=1S/C17H14BrN3O3/c1-2-24-17(23)14-10-19-21-8-7-13(9-15(14)21)20-16(22)11-3-5-12(18)6-4-11/h3-10H,2H2,1H3,(H,20,22). The Hall–Kier alpha value is -2.67. The molecule has 0 aliphatic carbocycles. The molecule has 0 atom stereocenters. The van der Waals surface area contributed by atoms with Crippen molar-refractivity contribution in [3.8, 4) is 0 Å². The van der Waals surface area contributed by atoms with Crippen LogP contribution in [0, 0.1) is 0 Å². The predicted octanol–water partition coefficient (Wildman–Crippen LogP) is 3.53. The molecule has 0 spiro atoms. The van der Waals surface area contributed by atoms with Crippen LogP contribution in [0.1, 0.15) is 27.6 Å². The number of anilines is 1. The molecule has 0 radical (unpaired) electrons. The fourth-order valence-electron chi connectivity index (χ4n) is 2.23. The molecule has 6 nitrogen and oxygen atoms in total. The number of ether oxygens (including phenoxy) is 1. The van der Waals surface area contributed by atoms with E-state index in [1.165, 1.54) is 6.20 Å². The van der Waals surface area contributed by atoms with Crippen molar-refractivity contribution in [1.82, 2.24) is 9.61 Å². The Balaban J connectivity index is 1.87. The van der Waals surface area contributed by atoms with E-state index in [1.54, 1.807) is 54.0 Å². The summed E-state index contributed by atoms with van der Waals surface area (Å²) >= 11 is 3.33. The second-order valence-electron chi connectivity index (χ2n) is 4.98. The van der Waals surface area contributed by atoms with Crippen LogP contribution < -0.4 is 5.32 Å². The third-order valence-corrected chi connectivity index (χ3v) is 3.91. The minimum Gasteiger partial charge on any atom is -0.462 e. The van der Waals surface area contributed by atoms with Crippen LogP contribution in [0.5, 0.6) is 0 Å². The topological polar surface area (TPSA) is 72.7 Å². The normalized spacial score (nSPS) is 10.6. The minimum atomic E-state index is -0.441. The van der Waals surface area contributed by atoms with Crippen LogP contribution in [0.3, 0.4) is 0 Å². The Labute approximate surface area is 146 Å². The molecular formula is C17H14BrN3O3. The van der Waals surface area contributed by atoms with E-state index in [9.17, 15) is 9.59 Å². The lowest BCUT2D eigenvalue weighted by molar-refractivity contribution is 0.0528. The SMILES string of the molecule is CCOC(=O)c1cnn2ccc(NC(=O)c3ccc(Br)cc3)cc12. The summed E-state index contributed by atoms with van der Waals surface area (Å²) in [5, 5.41) is 6.92. The predicted molar refractivity (Wildman–Crippen MR) is 93.2 cm³/mol. The van der Waals surface area contributed by atoms with Crippen LogP contribution in [0.2, 0.25) is 0 Å². The molecule has 0 aliphatic rings. The lowest BCUT2D eigenvalue weighted by atomic mass is 10.2. The minimum absolute atomic E-state index is 0.232. The third kappa shape index (κ3) is 3.30. The molecule has 0 bridgehead atoms. The zero-order valence-electron chi connectivity index (χ0n) is 12.8. The number of fused-ring (bicyclic) bond motifs is 1. The van der Waals surface area contributed by atoms with E-state index in [4.69, 9.17) is 4.74 Å². The number of nitrogens with one attached hydrogen (secondary N) is 1. The van der Waals surface area contributed by atoms with Crippen LogP contribution in [0.4, 0.5) is 5.69 Å². The number of esters is 1. The molecule has 0 fully saturated rings. The monoisotopic (exact) mass is 387 g/mol. The van der Waals surface area contributed by atoms with E-state index in [0.717, 1.165) is 4.47 Å². The van der Waals surface area contributed by atoms with E-state index in [0.29, 0.717) is 22.3 Å². The number of carbonyl (C=O) groups excluding carboxylic acids is 2. The van der Waals surface area contributed by atoms with Crippen molar-refractivity contribution in [3.63, 3.8) is 0 Å². The zero-order valence-corrected chi connectivity index (χ0v) is 14.4. The molecule has 0 unspecified atom stereocenters. The summed E-state index contributed by atoms with van der Waals surface area (Å²) < 4.78 is 7.47. The molecule has 2 heterocycles. The number of pyridine rings is 1. The first kappa shape index (κ1) is 16.2. The lowest BCUT2D eigenvalue weighted by Gasteiger charge is -2.06. The lowest BCUT2D eigenvalue weighted by Crippen LogP contribution is -2.12. The van der Waals surface area contributed by atoms with Crippen LogP contribution >= 0.6 is 15.9 Å². The van der Waals surface area contributed by atoms with Crippen LogP contribution in [0.15, 0.2) is 53.3 Å². The van der Waals surface area contributed by atoms with Crippen molar-refractivity contribution >= 4 is 39.0 Å². The highest BCUT2D eigenvalue weighted by Gasteiger charge is 2.14. The second-order valence-corrected chi connectivity index (χ2v) is 5.90. The van der Waals surface area contributed by atoms with Crippen molar-refractivity contribution in [2.24, 2.45) is 0 Å². The number of halogens is 1. The van der Waals surface area contributed by atoms with Gasteiger partial charge in [-0.05, 0) is 43.3 Å². The molecule has 2 aromatic heterocycles.